The highest BCUT2D eigenvalue weighted by Gasteiger charge is 2.39. The van der Waals surface area contributed by atoms with Crippen LogP contribution >= 0.6 is 0 Å². The molecule has 2 saturated heterocycles. The van der Waals surface area contributed by atoms with Crippen LogP contribution in [-0.4, -0.2) is 65.4 Å². The van der Waals surface area contributed by atoms with E-state index in [-0.39, 0.29) is 5.04 Å². The molecular weight excluding hydrogens is 288 g/mol. The van der Waals surface area contributed by atoms with Crippen molar-refractivity contribution in [2.45, 2.75) is 56.9 Å². The van der Waals surface area contributed by atoms with Gasteiger partial charge in [-0.3, -0.25) is 9.11 Å². The van der Waals surface area contributed by atoms with Gasteiger partial charge in [0.15, 0.2) is 8.32 Å². The Hall–Kier alpha value is 0.247. The maximum Gasteiger partial charge on any atom is 0.188 e. The van der Waals surface area contributed by atoms with Gasteiger partial charge in [-0.15, -0.1) is 0 Å². The summed E-state index contributed by atoms with van der Waals surface area (Å²) < 4.78 is 11.6. The molecule has 0 saturated carbocycles. The highest BCUT2D eigenvalue weighted by atomic mass is 32.2. The van der Waals surface area contributed by atoms with E-state index in [1.165, 1.54) is 0 Å². The number of nitrogens with one attached hydrogen (secondary N) is 1. The van der Waals surface area contributed by atoms with Crippen molar-refractivity contribution in [1.29, 1.82) is 0 Å². The summed E-state index contributed by atoms with van der Waals surface area (Å²) in [6.07, 6.45) is 2.20. The van der Waals surface area contributed by atoms with Crippen LogP contribution < -0.4 is 5.32 Å². The van der Waals surface area contributed by atoms with Gasteiger partial charge in [-0.05, 0) is 31.0 Å². The van der Waals surface area contributed by atoms with Crippen molar-refractivity contribution >= 4 is 19.1 Å². The van der Waals surface area contributed by atoms with E-state index in [0.717, 1.165) is 44.0 Å². The van der Waals surface area contributed by atoms with E-state index in [1.807, 2.05) is 13.1 Å². The zero-order valence-corrected chi connectivity index (χ0v) is 15.1. The molecule has 2 aliphatic heterocycles. The van der Waals surface area contributed by atoms with E-state index in [2.05, 4.69) is 24.1 Å². The number of hydrogen-bond donors (Lipinski definition) is 2. The Labute approximate surface area is 126 Å². The van der Waals surface area contributed by atoms with Crippen molar-refractivity contribution in [3.8, 4) is 0 Å². The molecule has 3 atom stereocenters. The van der Waals surface area contributed by atoms with Crippen LogP contribution in [0.4, 0.5) is 0 Å². The number of rotatable bonds is 4. The molecule has 0 spiro atoms. The molecular formula is C14H30N2O2SSi. The highest BCUT2D eigenvalue weighted by Crippen LogP contribution is 2.40. The summed E-state index contributed by atoms with van der Waals surface area (Å²) in [5.41, 5.74) is 0. The van der Waals surface area contributed by atoms with E-state index >= 15 is 0 Å². The van der Waals surface area contributed by atoms with Gasteiger partial charge in [0, 0.05) is 54.0 Å². The topological polar surface area (TPSA) is 52.6 Å². The van der Waals surface area contributed by atoms with Crippen molar-refractivity contribution in [2.75, 3.05) is 31.1 Å². The third kappa shape index (κ3) is 3.91. The Bertz CT molecular complexity index is 371. The van der Waals surface area contributed by atoms with Gasteiger partial charge in [-0.1, -0.05) is 13.8 Å². The SMILES string of the molecule is CC(C)(CC[C@@H]1CN2CCS(=O)CC2CN1)[Si](C)(C)O. The van der Waals surface area contributed by atoms with Crippen molar-refractivity contribution < 1.29 is 9.00 Å². The van der Waals surface area contributed by atoms with Gasteiger partial charge in [-0.2, -0.15) is 0 Å². The van der Waals surface area contributed by atoms with Gasteiger partial charge in [0.25, 0.3) is 0 Å². The van der Waals surface area contributed by atoms with E-state index in [1.54, 1.807) is 0 Å². The normalized spacial score (nSPS) is 33.0. The molecule has 0 aromatic carbocycles. The average Bonchev–Trinajstić information content (AvgIpc) is 2.35. The van der Waals surface area contributed by atoms with Crippen molar-refractivity contribution in [3.63, 3.8) is 0 Å². The first-order valence-corrected chi connectivity index (χ1v) is 12.2. The molecule has 0 radical (unpaired) electrons. The van der Waals surface area contributed by atoms with E-state index in [0.29, 0.717) is 12.1 Å². The predicted octanol–water partition coefficient (Wildman–Crippen LogP) is 1.15. The molecule has 20 heavy (non-hydrogen) atoms. The molecule has 2 aliphatic rings. The van der Waals surface area contributed by atoms with Gasteiger partial charge in [0.05, 0.1) is 0 Å². The molecule has 0 aromatic heterocycles. The summed E-state index contributed by atoms with van der Waals surface area (Å²) >= 11 is 0. The minimum atomic E-state index is -2.09. The van der Waals surface area contributed by atoms with Crippen LogP contribution in [-0.2, 0) is 10.8 Å². The largest absolute Gasteiger partial charge is 0.432 e. The molecule has 2 heterocycles. The fourth-order valence-electron chi connectivity index (χ4n) is 2.92. The van der Waals surface area contributed by atoms with Crippen molar-refractivity contribution in [1.82, 2.24) is 10.2 Å². The summed E-state index contributed by atoms with van der Waals surface area (Å²) in [4.78, 5) is 12.9. The standard InChI is InChI=1S/C14H30N2O2SSi/c1-14(2,20(3,4)18)6-5-12-10-16-7-8-19(17)11-13(16)9-15-12/h12-13,15,18H,5-11H2,1-4H3/t12-,13?,19?/m1/s1. The Balaban J connectivity index is 1.83. The highest BCUT2D eigenvalue weighted by molar-refractivity contribution is 7.85. The Kier molecular flexibility index (Phi) is 5.12. The second-order valence-corrected chi connectivity index (χ2v) is 13.6. The summed E-state index contributed by atoms with van der Waals surface area (Å²) in [7, 11) is -2.70. The molecule has 2 N–H and O–H groups in total. The second kappa shape index (κ2) is 6.16. The van der Waals surface area contributed by atoms with E-state index in [9.17, 15) is 9.00 Å². The van der Waals surface area contributed by atoms with Crippen LogP contribution in [0.2, 0.25) is 18.1 Å². The number of hydrogen-bond acceptors (Lipinski definition) is 4. The number of fused-ring (bicyclic) bond motifs is 1. The van der Waals surface area contributed by atoms with Gasteiger partial charge in [0.1, 0.15) is 0 Å². The first-order valence-electron chi connectivity index (χ1n) is 7.74. The first-order chi connectivity index (χ1) is 9.19. The molecule has 0 bridgehead atoms. The van der Waals surface area contributed by atoms with Crippen LogP contribution in [0.3, 0.4) is 0 Å². The minimum absolute atomic E-state index is 0.0644. The Morgan fingerprint density at radius 3 is 2.80 bits per heavy atom. The van der Waals surface area contributed by atoms with E-state index < -0.39 is 19.1 Å². The molecule has 0 aliphatic carbocycles. The molecule has 2 rings (SSSR count). The molecule has 0 aromatic rings. The monoisotopic (exact) mass is 318 g/mol. The first kappa shape index (κ1) is 16.6. The molecule has 6 heteroatoms. The van der Waals surface area contributed by atoms with E-state index in [4.69, 9.17) is 0 Å². The fraction of sp³-hybridized carbons (Fsp3) is 1.00. The third-order valence-corrected chi connectivity index (χ3v) is 10.3. The fourth-order valence-corrected chi connectivity index (χ4v) is 5.04. The van der Waals surface area contributed by atoms with Crippen molar-refractivity contribution in [2.24, 2.45) is 0 Å². The zero-order chi connectivity index (χ0) is 15.0. The van der Waals surface area contributed by atoms with Gasteiger partial charge < -0.3 is 10.1 Å². The van der Waals surface area contributed by atoms with Crippen LogP contribution in [0.5, 0.6) is 0 Å². The third-order valence-electron chi connectivity index (χ3n) is 5.37. The number of nitrogens with zero attached hydrogens (tertiary/aromatic N) is 1. The summed E-state index contributed by atoms with van der Waals surface area (Å²) in [6, 6.07) is 0.992. The Morgan fingerprint density at radius 2 is 2.15 bits per heavy atom. The van der Waals surface area contributed by atoms with Gasteiger partial charge in [-0.25, -0.2) is 0 Å². The van der Waals surface area contributed by atoms with Gasteiger partial charge >= 0.3 is 0 Å². The van der Waals surface area contributed by atoms with Crippen molar-refractivity contribution in [3.05, 3.63) is 0 Å². The second-order valence-electron chi connectivity index (χ2n) is 7.55. The molecule has 2 fully saturated rings. The predicted molar refractivity (Wildman–Crippen MR) is 88.0 cm³/mol. The zero-order valence-electron chi connectivity index (χ0n) is 13.3. The number of piperazine rings is 1. The summed E-state index contributed by atoms with van der Waals surface area (Å²) in [5, 5.41) is 3.68. The molecule has 118 valence electrons. The minimum Gasteiger partial charge on any atom is -0.432 e. The lowest BCUT2D eigenvalue weighted by atomic mass is 9.99. The van der Waals surface area contributed by atoms with Crippen LogP contribution in [0.15, 0.2) is 0 Å². The van der Waals surface area contributed by atoms with Crippen LogP contribution in [0.1, 0.15) is 26.7 Å². The molecule has 2 unspecified atom stereocenters. The Morgan fingerprint density at radius 1 is 1.45 bits per heavy atom. The molecule has 4 nitrogen and oxygen atoms in total. The summed E-state index contributed by atoms with van der Waals surface area (Å²) in [5.74, 6) is 1.67. The maximum atomic E-state index is 11.6. The summed E-state index contributed by atoms with van der Waals surface area (Å²) in [6.45, 7) is 11.5. The lowest BCUT2D eigenvalue weighted by Gasteiger charge is -2.44. The smallest absolute Gasteiger partial charge is 0.188 e. The van der Waals surface area contributed by atoms with Crippen LogP contribution in [0, 0.1) is 0 Å². The quantitative estimate of drug-likeness (QED) is 0.764. The molecule has 0 amide bonds. The van der Waals surface area contributed by atoms with Gasteiger partial charge in [0.2, 0.25) is 0 Å². The lowest BCUT2D eigenvalue weighted by molar-refractivity contribution is 0.139. The maximum absolute atomic E-state index is 11.6. The average molecular weight is 319 g/mol. The van der Waals surface area contributed by atoms with Crippen LogP contribution in [0.25, 0.3) is 0 Å². The lowest BCUT2D eigenvalue weighted by Crippen LogP contribution is -2.61.